The molecule has 0 bridgehead atoms. The summed E-state index contributed by atoms with van der Waals surface area (Å²) in [6.45, 7) is 3.11. The standard InChI is InChI=1S/C25H19ClN2O5/c1-14-21(29)18-9-6-10-19(23(18)33-22(14)16-7-4-3-5-8-16)25(31)32-15(2)24(30)28-20-12-11-17(26)13-27-20/h3-13,15H,1-2H3,(H,27,28,30)/t15-/m1/s1. The number of halogens is 1. The monoisotopic (exact) mass is 462 g/mol. The number of nitrogens with one attached hydrogen (secondary N) is 1. The number of para-hydroxylation sites is 1. The van der Waals surface area contributed by atoms with Gasteiger partial charge in [-0.3, -0.25) is 9.59 Å². The Bertz CT molecular complexity index is 1400. The number of hydrogen-bond acceptors (Lipinski definition) is 6. The van der Waals surface area contributed by atoms with Crippen LogP contribution in [-0.4, -0.2) is 23.0 Å². The highest BCUT2D eigenvalue weighted by molar-refractivity contribution is 6.30. The normalized spacial score (nSPS) is 11.7. The maximum Gasteiger partial charge on any atom is 0.342 e. The first-order valence-corrected chi connectivity index (χ1v) is 10.5. The number of carbonyl (C=O) groups excluding carboxylic acids is 2. The first-order chi connectivity index (χ1) is 15.8. The fourth-order valence-electron chi connectivity index (χ4n) is 3.29. The molecule has 7 nitrogen and oxygen atoms in total. The lowest BCUT2D eigenvalue weighted by Crippen LogP contribution is -2.30. The Morgan fingerprint density at radius 3 is 2.52 bits per heavy atom. The van der Waals surface area contributed by atoms with Gasteiger partial charge in [-0.1, -0.05) is 48.0 Å². The lowest BCUT2D eigenvalue weighted by molar-refractivity contribution is -0.123. The number of ether oxygens (including phenoxy) is 1. The van der Waals surface area contributed by atoms with E-state index in [0.29, 0.717) is 21.9 Å². The molecule has 2 aromatic carbocycles. The van der Waals surface area contributed by atoms with Crippen LogP contribution in [-0.2, 0) is 9.53 Å². The maximum absolute atomic E-state index is 13.0. The number of carbonyl (C=O) groups is 2. The van der Waals surface area contributed by atoms with E-state index in [-0.39, 0.29) is 27.8 Å². The number of esters is 1. The first kappa shape index (κ1) is 22.2. The Hall–Kier alpha value is -3.97. The fourth-order valence-corrected chi connectivity index (χ4v) is 3.40. The van der Waals surface area contributed by atoms with Gasteiger partial charge in [0.25, 0.3) is 5.91 Å². The predicted octanol–water partition coefficient (Wildman–Crippen LogP) is 5.00. The molecule has 8 heteroatoms. The number of benzene rings is 2. The minimum absolute atomic E-state index is 0.0473. The molecule has 0 aliphatic heterocycles. The Labute approximate surface area is 194 Å². The molecule has 4 rings (SSSR count). The molecule has 0 radical (unpaired) electrons. The summed E-state index contributed by atoms with van der Waals surface area (Å²) in [5.41, 5.74) is 1.04. The molecule has 1 N–H and O–H groups in total. The summed E-state index contributed by atoms with van der Waals surface area (Å²) in [4.78, 5) is 42.3. The predicted molar refractivity (Wildman–Crippen MR) is 125 cm³/mol. The Kier molecular flexibility index (Phi) is 6.24. The van der Waals surface area contributed by atoms with E-state index in [2.05, 4.69) is 10.3 Å². The number of pyridine rings is 1. The van der Waals surface area contributed by atoms with Gasteiger partial charge in [0.2, 0.25) is 0 Å². The third-order valence-electron chi connectivity index (χ3n) is 5.03. The van der Waals surface area contributed by atoms with Crippen molar-refractivity contribution in [3.05, 3.63) is 93.2 Å². The van der Waals surface area contributed by atoms with E-state index >= 15 is 0 Å². The Morgan fingerprint density at radius 2 is 1.82 bits per heavy atom. The van der Waals surface area contributed by atoms with Crippen LogP contribution in [0.1, 0.15) is 22.8 Å². The van der Waals surface area contributed by atoms with E-state index in [1.54, 1.807) is 25.1 Å². The number of aromatic nitrogens is 1. The summed E-state index contributed by atoms with van der Waals surface area (Å²) in [6.07, 6.45) is 0.258. The number of hydrogen-bond donors (Lipinski definition) is 1. The minimum Gasteiger partial charge on any atom is -0.455 e. The molecule has 4 aromatic rings. The molecule has 2 aromatic heterocycles. The van der Waals surface area contributed by atoms with Crippen molar-refractivity contribution < 1.29 is 18.7 Å². The highest BCUT2D eigenvalue weighted by Gasteiger charge is 2.23. The van der Waals surface area contributed by atoms with Crippen LogP contribution in [0, 0.1) is 6.92 Å². The molecular weight excluding hydrogens is 444 g/mol. The molecule has 0 aliphatic rings. The lowest BCUT2D eigenvalue weighted by atomic mass is 10.0. The molecule has 0 fully saturated rings. The third kappa shape index (κ3) is 4.63. The molecular formula is C25H19ClN2O5. The SMILES string of the molecule is Cc1c(-c2ccccc2)oc2c(C(=O)O[C@H](C)C(=O)Nc3ccc(Cl)cn3)cccc2c1=O. The molecule has 33 heavy (non-hydrogen) atoms. The van der Waals surface area contributed by atoms with E-state index < -0.39 is 18.0 Å². The number of nitrogens with zero attached hydrogens (tertiary/aromatic N) is 1. The van der Waals surface area contributed by atoms with E-state index in [0.717, 1.165) is 0 Å². The molecule has 0 saturated heterocycles. The van der Waals surface area contributed by atoms with Crippen molar-refractivity contribution in [2.24, 2.45) is 0 Å². The van der Waals surface area contributed by atoms with E-state index in [4.69, 9.17) is 20.8 Å². The van der Waals surface area contributed by atoms with Gasteiger partial charge in [0.15, 0.2) is 17.1 Å². The van der Waals surface area contributed by atoms with Gasteiger partial charge < -0.3 is 14.5 Å². The summed E-state index contributed by atoms with van der Waals surface area (Å²) in [6, 6.07) is 16.9. The second kappa shape index (κ2) is 9.26. The van der Waals surface area contributed by atoms with Crippen LogP contribution in [0.2, 0.25) is 5.02 Å². The highest BCUT2D eigenvalue weighted by Crippen LogP contribution is 2.27. The average molecular weight is 463 g/mol. The van der Waals surface area contributed by atoms with E-state index in [9.17, 15) is 14.4 Å². The van der Waals surface area contributed by atoms with E-state index in [1.807, 2.05) is 30.3 Å². The van der Waals surface area contributed by atoms with Gasteiger partial charge >= 0.3 is 5.97 Å². The second-order valence-electron chi connectivity index (χ2n) is 7.33. The van der Waals surface area contributed by atoms with Crippen molar-refractivity contribution in [1.82, 2.24) is 4.98 Å². The van der Waals surface area contributed by atoms with Gasteiger partial charge in [-0.15, -0.1) is 0 Å². The van der Waals surface area contributed by atoms with Gasteiger partial charge in [-0.2, -0.15) is 0 Å². The zero-order valence-electron chi connectivity index (χ0n) is 17.8. The molecule has 166 valence electrons. The van der Waals surface area contributed by atoms with Crippen molar-refractivity contribution in [3.63, 3.8) is 0 Å². The van der Waals surface area contributed by atoms with Gasteiger partial charge in [0.1, 0.15) is 17.1 Å². The second-order valence-corrected chi connectivity index (χ2v) is 7.77. The summed E-state index contributed by atoms with van der Waals surface area (Å²) in [5.74, 6) is -0.724. The maximum atomic E-state index is 13.0. The van der Waals surface area contributed by atoms with E-state index in [1.165, 1.54) is 25.3 Å². The van der Waals surface area contributed by atoms with Gasteiger partial charge in [0.05, 0.1) is 10.4 Å². The van der Waals surface area contributed by atoms with Crippen LogP contribution in [0.4, 0.5) is 5.82 Å². The van der Waals surface area contributed by atoms with Crippen LogP contribution in [0.25, 0.3) is 22.3 Å². The Balaban J connectivity index is 1.64. The topological polar surface area (TPSA) is 98.5 Å². The number of amides is 1. The zero-order chi connectivity index (χ0) is 23.5. The molecule has 2 heterocycles. The Morgan fingerprint density at radius 1 is 1.06 bits per heavy atom. The smallest absolute Gasteiger partial charge is 0.342 e. The zero-order valence-corrected chi connectivity index (χ0v) is 18.6. The number of rotatable bonds is 5. The third-order valence-corrected chi connectivity index (χ3v) is 5.26. The van der Waals surface area contributed by atoms with Crippen LogP contribution < -0.4 is 10.7 Å². The quantitative estimate of drug-likeness (QED) is 0.419. The van der Waals surface area contributed by atoms with Gasteiger partial charge in [-0.25, -0.2) is 9.78 Å². The molecule has 0 unspecified atom stereocenters. The molecule has 1 amide bonds. The van der Waals surface area contributed by atoms with Crippen molar-refractivity contribution in [2.75, 3.05) is 5.32 Å². The van der Waals surface area contributed by atoms with Crippen molar-refractivity contribution in [3.8, 4) is 11.3 Å². The lowest BCUT2D eigenvalue weighted by Gasteiger charge is -2.14. The number of anilines is 1. The first-order valence-electron chi connectivity index (χ1n) is 10.1. The molecule has 0 saturated carbocycles. The summed E-state index contributed by atoms with van der Waals surface area (Å²) >= 11 is 5.79. The van der Waals surface area contributed by atoms with Crippen molar-refractivity contribution in [2.45, 2.75) is 20.0 Å². The van der Waals surface area contributed by atoms with Crippen molar-refractivity contribution >= 4 is 40.3 Å². The average Bonchev–Trinajstić information content (AvgIpc) is 2.82. The highest BCUT2D eigenvalue weighted by atomic mass is 35.5. The summed E-state index contributed by atoms with van der Waals surface area (Å²) < 4.78 is 11.4. The molecule has 1 atom stereocenters. The van der Waals surface area contributed by atoms with Crippen LogP contribution >= 0.6 is 11.6 Å². The minimum atomic E-state index is -1.13. The molecule has 0 aliphatic carbocycles. The fraction of sp³-hybridized carbons (Fsp3) is 0.120. The van der Waals surface area contributed by atoms with Crippen LogP contribution in [0.15, 0.2) is 76.1 Å². The van der Waals surface area contributed by atoms with Gasteiger partial charge in [0, 0.05) is 17.3 Å². The van der Waals surface area contributed by atoms with Crippen LogP contribution in [0.5, 0.6) is 0 Å². The number of fused-ring (bicyclic) bond motifs is 1. The largest absolute Gasteiger partial charge is 0.455 e. The van der Waals surface area contributed by atoms with Crippen molar-refractivity contribution in [1.29, 1.82) is 0 Å². The summed E-state index contributed by atoms with van der Waals surface area (Å²) in [7, 11) is 0. The van der Waals surface area contributed by atoms with Gasteiger partial charge in [-0.05, 0) is 38.1 Å². The molecule has 0 spiro atoms. The summed E-state index contributed by atoms with van der Waals surface area (Å²) in [5, 5.41) is 3.23. The van der Waals surface area contributed by atoms with Crippen LogP contribution in [0.3, 0.4) is 0 Å².